The van der Waals surface area contributed by atoms with E-state index >= 15 is 0 Å². The molecular formula is C22H26FNO. The number of aliphatic hydroxyl groups is 1. The Balaban J connectivity index is 1.38. The van der Waals surface area contributed by atoms with Gasteiger partial charge >= 0.3 is 0 Å². The highest BCUT2D eigenvalue weighted by atomic mass is 19.1. The minimum Gasteiger partial charge on any atom is -0.385 e. The summed E-state index contributed by atoms with van der Waals surface area (Å²) >= 11 is 0. The molecular weight excluding hydrogens is 313 g/mol. The molecule has 0 amide bonds. The van der Waals surface area contributed by atoms with E-state index in [1.807, 2.05) is 36.4 Å². The van der Waals surface area contributed by atoms with Gasteiger partial charge in [0.05, 0.1) is 5.60 Å². The third-order valence-corrected chi connectivity index (χ3v) is 6.11. The Hall–Kier alpha value is -1.71. The van der Waals surface area contributed by atoms with E-state index in [1.54, 1.807) is 12.1 Å². The van der Waals surface area contributed by atoms with Gasteiger partial charge in [0, 0.05) is 19.6 Å². The summed E-state index contributed by atoms with van der Waals surface area (Å²) in [6, 6.07) is 17.1. The van der Waals surface area contributed by atoms with Crippen LogP contribution in [0.2, 0.25) is 0 Å². The molecule has 1 heterocycles. The number of halogens is 1. The molecule has 1 aliphatic carbocycles. The maximum absolute atomic E-state index is 13.4. The Labute approximate surface area is 149 Å². The van der Waals surface area contributed by atoms with Crippen LogP contribution in [-0.4, -0.2) is 29.6 Å². The van der Waals surface area contributed by atoms with Crippen molar-refractivity contribution in [2.75, 3.05) is 19.6 Å². The second-order valence-corrected chi connectivity index (χ2v) is 8.00. The van der Waals surface area contributed by atoms with Crippen LogP contribution in [0.5, 0.6) is 0 Å². The van der Waals surface area contributed by atoms with Gasteiger partial charge in [-0.3, -0.25) is 0 Å². The van der Waals surface area contributed by atoms with Crippen molar-refractivity contribution in [3.8, 4) is 0 Å². The zero-order valence-electron chi connectivity index (χ0n) is 14.7. The highest BCUT2D eigenvalue weighted by Gasteiger charge is 2.48. The van der Waals surface area contributed by atoms with Gasteiger partial charge in [0.1, 0.15) is 5.82 Å². The molecule has 1 saturated carbocycles. The van der Waals surface area contributed by atoms with Crippen LogP contribution >= 0.6 is 0 Å². The number of likely N-dealkylation sites (tertiary alicyclic amines) is 1. The van der Waals surface area contributed by atoms with Gasteiger partial charge in [0.15, 0.2) is 0 Å². The molecule has 1 saturated heterocycles. The maximum Gasteiger partial charge on any atom is 0.123 e. The summed E-state index contributed by atoms with van der Waals surface area (Å²) in [5.74, 6) is 1.29. The van der Waals surface area contributed by atoms with Crippen molar-refractivity contribution in [3.05, 3.63) is 71.5 Å². The van der Waals surface area contributed by atoms with Gasteiger partial charge < -0.3 is 10.0 Å². The average molecular weight is 339 g/mol. The fourth-order valence-corrected chi connectivity index (χ4v) is 4.89. The summed E-state index contributed by atoms with van der Waals surface area (Å²) < 4.78 is 13.4. The predicted octanol–water partition coefficient (Wildman–Crippen LogP) is 4.16. The van der Waals surface area contributed by atoms with Crippen LogP contribution in [0.15, 0.2) is 54.6 Å². The molecule has 1 N–H and O–H groups in total. The quantitative estimate of drug-likeness (QED) is 0.904. The lowest BCUT2D eigenvalue weighted by Gasteiger charge is -2.27. The van der Waals surface area contributed by atoms with Crippen LogP contribution in [0.1, 0.15) is 36.8 Å². The van der Waals surface area contributed by atoms with Gasteiger partial charge in [0.2, 0.25) is 0 Å². The van der Waals surface area contributed by atoms with E-state index in [9.17, 15) is 9.50 Å². The Morgan fingerprint density at radius 1 is 1.08 bits per heavy atom. The number of fused-ring (bicyclic) bond motifs is 1. The number of hydrogen-bond acceptors (Lipinski definition) is 2. The highest BCUT2D eigenvalue weighted by Crippen LogP contribution is 2.49. The molecule has 0 radical (unpaired) electrons. The molecule has 132 valence electrons. The van der Waals surface area contributed by atoms with E-state index in [4.69, 9.17) is 0 Å². The number of benzene rings is 2. The van der Waals surface area contributed by atoms with E-state index in [0.29, 0.717) is 17.8 Å². The van der Waals surface area contributed by atoms with Crippen molar-refractivity contribution in [3.63, 3.8) is 0 Å². The Kier molecular flexibility index (Phi) is 4.38. The molecule has 2 aromatic carbocycles. The van der Waals surface area contributed by atoms with E-state index in [0.717, 1.165) is 43.6 Å². The average Bonchev–Trinajstić information content (AvgIpc) is 3.10. The molecule has 4 atom stereocenters. The van der Waals surface area contributed by atoms with E-state index in [-0.39, 0.29) is 5.82 Å². The van der Waals surface area contributed by atoms with Gasteiger partial charge in [-0.25, -0.2) is 4.39 Å². The van der Waals surface area contributed by atoms with Crippen molar-refractivity contribution in [1.29, 1.82) is 0 Å². The first-order valence-electron chi connectivity index (χ1n) is 9.29. The maximum atomic E-state index is 13.4. The van der Waals surface area contributed by atoms with Gasteiger partial charge in [-0.05, 0) is 53.9 Å². The summed E-state index contributed by atoms with van der Waals surface area (Å²) in [5, 5.41) is 11.1. The Bertz CT molecular complexity index is 718. The number of nitrogens with zero attached hydrogens (tertiary/aromatic N) is 1. The summed E-state index contributed by atoms with van der Waals surface area (Å²) in [4.78, 5) is 2.50. The van der Waals surface area contributed by atoms with Crippen LogP contribution in [0.3, 0.4) is 0 Å². The second-order valence-electron chi connectivity index (χ2n) is 8.00. The molecule has 2 nitrogen and oxygen atoms in total. The summed E-state index contributed by atoms with van der Waals surface area (Å²) in [5.41, 5.74) is 1.47. The van der Waals surface area contributed by atoms with E-state index in [2.05, 4.69) is 11.8 Å². The highest BCUT2D eigenvalue weighted by molar-refractivity contribution is 5.25. The fourth-order valence-electron chi connectivity index (χ4n) is 4.89. The summed E-state index contributed by atoms with van der Waals surface area (Å²) in [7, 11) is 0. The first-order chi connectivity index (χ1) is 12.0. The third-order valence-electron chi connectivity index (χ3n) is 6.11. The fraction of sp³-hybridized carbons (Fsp3) is 0.455. The molecule has 2 aliphatic rings. The standard InChI is InChI=1S/C22H26FNO/c1-16(17-6-5-9-21(23)10-17)13-24-14-18-11-22(25,12-19(18)15-24)20-7-3-2-4-8-20/h2-10,16,18-19,25H,11-15H2,1H3/t16?,18-,19+,22-. The molecule has 0 aromatic heterocycles. The Morgan fingerprint density at radius 2 is 1.76 bits per heavy atom. The van der Waals surface area contributed by atoms with Crippen molar-refractivity contribution in [2.24, 2.45) is 11.8 Å². The SMILES string of the molecule is CC(CN1C[C@@H]2C[C@@](O)(c3ccccc3)C[C@@H]2C1)c1cccc(F)c1. The molecule has 4 rings (SSSR count). The molecule has 1 unspecified atom stereocenters. The molecule has 2 aromatic rings. The first-order valence-corrected chi connectivity index (χ1v) is 9.29. The summed E-state index contributed by atoms with van der Waals surface area (Å²) in [6.45, 7) is 5.21. The smallest absolute Gasteiger partial charge is 0.123 e. The van der Waals surface area contributed by atoms with Crippen molar-refractivity contribution in [2.45, 2.75) is 31.3 Å². The van der Waals surface area contributed by atoms with E-state index < -0.39 is 5.60 Å². The second kappa shape index (κ2) is 6.54. The lowest BCUT2D eigenvalue weighted by Crippen LogP contribution is -2.30. The molecule has 3 heteroatoms. The normalized spacial score (nSPS) is 30.4. The molecule has 2 fully saturated rings. The monoisotopic (exact) mass is 339 g/mol. The van der Waals surface area contributed by atoms with Crippen LogP contribution in [0.25, 0.3) is 0 Å². The van der Waals surface area contributed by atoms with Crippen molar-refractivity contribution >= 4 is 0 Å². The topological polar surface area (TPSA) is 23.5 Å². The first kappa shape index (κ1) is 16.7. The zero-order valence-corrected chi connectivity index (χ0v) is 14.7. The lowest BCUT2D eigenvalue weighted by atomic mass is 9.90. The van der Waals surface area contributed by atoms with Crippen LogP contribution in [0.4, 0.5) is 4.39 Å². The number of rotatable bonds is 4. The predicted molar refractivity (Wildman–Crippen MR) is 97.8 cm³/mol. The lowest BCUT2D eigenvalue weighted by molar-refractivity contribution is 0.0312. The van der Waals surface area contributed by atoms with E-state index in [1.165, 1.54) is 6.07 Å². The molecule has 0 spiro atoms. The van der Waals surface area contributed by atoms with Crippen molar-refractivity contribution < 1.29 is 9.50 Å². The summed E-state index contributed by atoms with van der Waals surface area (Å²) in [6.07, 6.45) is 1.71. The largest absolute Gasteiger partial charge is 0.385 e. The minimum atomic E-state index is -0.656. The molecule has 25 heavy (non-hydrogen) atoms. The minimum absolute atomic E-state index is 0.157. The Morgan fingerprint density at radius 3 is 2.40 bits per heavy atom. The number of hydrogen-bond donors (Lipinski definition) is 1. The van der Waals surface area contributed by atoms with Gasteiger partial charge in [-0.15, -0.1) is 0 Å². The van der Waals surface area contributed by atoms with Crippen LogP contribution in [-0.2, 0) is 5.60 Å². The van der Waals surface area contributed by atoms with Gasteiger partial charge in [-0.1, -0.05) is 49.4 Å². The van der Waals surface area contributed by atoms with Gasteiger partial charge in [-0.2, -0.15) is 0 Å². The molecule has 1 aliphatic heterocycles. The van der Waals surface area contributed by atoms with Crippen LogP contribution in [0, 0.1) is 17.7 Å². The van der Waals surface area contributed by atoms with Gasteiger partial charge in [0.25, 0.3) is 0 Å². The third kappa shape index (κ3) is 3.36. The molecule has 0 bridgehead atoms. The zero-order chi connectivity index (χ0) is 17.4. The van der Waals surface area contributed by atoms with Crippen LogP contribution < -0.4 is 0 Å². The van der Waals surface area contributed by atoms with Crippen molar-refractivity contribution in [1.82, 2.24) is 4.90 Å².